The summed E-state index contributed by atoms with van der Waals surface area (Å²) in [4.78, 5) is 49.3. The van der Waals surface area contributed by atoms with Crippen molar-refractivity contribution in [3.63, 3.8) is 0 Å². The number of imidazole rings is 1. The van der Waals surface area contributed by atoms with E-state index in [1.54, 1.807) is 11.6 Å². The van der Waals surface area contributed by atoms with Gasteiger partial charge in [-0.1, -0.05) is 18.7 Å². The lowest BCUT2D eigenvalue weighted by molar-refractivity contribution is -0.0417. The maximum atomic E-state index is 11.3. The van der Waals surface area contributed by atoms with Crippen LogP contribution in [0, 0.1) is 0 Å². The first-order chi connectivity index (χ1) is 14.0. The van der Waals surface area contributed by atoms with Crippen LogP contribution in [0.4, 0.5) is 5.82 Å². The average molecular weight is 485 g/mol. The number of phosphoric ester groups is 2. The summed E-state index contributed by atoms with van der Waals surface area (Å²) in [5.41, 5.74) is 0.880. The van der Waals surface area contributed by atoms with Crippen molar-refractivity contribution in [3.8, 4) is 0 Å². The van der Waals surface area contributed by atoms with Gasteiger partial charge < -0.3 is 29.6 Å². The van der Waals surface area contributed by atoms with Crippen LogP contribution in [-0.4, -0.2) is 70.7 Å². The standard InChI is InChI=1S/C13H21N5O9P2S/c1-3-30-13-16-11(14-2)10-12(17-13)18(6-15-10)9-4-7(27-29(22,23)24)8(26-9)5-25-28(19,20)21/h6-9H,3-5H2,1-2H3,(H,14,16,17)(H2,19,20,21)(H2,22,23,24)/t7-,8+,9+/m0/s1. The van der Waals surface area contributed by atoms with E-state index in [0.717, 1.165) is 5.75 Å². The Bertz CT molecular complexity index is 995. The zero-order valence-electron chi connectivity index (χ0n) is 15.9. The summed E-state index contributed by atoms with van der Waals surface area (Å²) < 4.78 is 38.8. The second-order valence-corrected chi connectivity index (χ2v) is 9.81. The highest BCUT2D eigenvalue weighted by Crippen LogP contribution is 2.45. The van der Waals surface area contributed by atoms with Gasteiger partial charge in [-0.25, -0.2) is 24.1 Å². The number of fused-ring (bicyclic) bond motifs is 1. The fourth-order valence-corrected chi connectivity index (χ4v) is 4.44. The topological polar surface area (TPSA) is 198 Å². The number of thioether (sulfide) groups is 1. The lowest BCUT2D eigenvalue weighted by atomic mass is 10.2. The predicted octanol–water partition coefficient (Wildman–Crippen LogP) is 0.855. The molecule has 3 heterocycles. The molecule has 1 saturated heterocycles. The van der Waals surface area contributed by atoms with Crippen molar-refractivity contribution in [2.45, 2.75) is 36.9 Å². The van der Waals surface area contributed by atoms with Crippen molar-refractivity contribution in [1.29, 1.82) is 0 Å². The first-order valence-electron chi connectivity index (χ1n) is 8.65. The fraction of sp³-hybridized carbons (Fsp3) is 0.615. The quantitative estimate of drug-likeness (QED) is 0.190. The normalized spacial score (nSPS) is 22.7. The molecule has 1 aliphatic heterocycles. The van der Waals surface area contributed by atoms with Crippen molar-refractivity contribution in [3.05, 3.63) is 6.33 Å². The van der Waals surface area contributed by atoms with Crippen LogP contribution in [0.2, 0.25) is 0 Å². The Labute approximate surface area is 174 Å². The van der Waals surface area contributed by atoms with E-state index < -0.39 is 40.7 Å². The predicted molar refractivity (Wildman–Crippen MR) is 105 cm³/mol. The molecule has 0 radical (unpaired) electrons. The number of phosphoric acid groups is 2. The number of rotatable bonds is 9. The molecule has 14 nitrogen and oxygen atoms in total. The van der Waals surface area contributed by atoms with Gasteiger partial charge in [-0.3, -0.25) is 13.6 Å². The van der Waals surface area contributed by atoms with Gasteiger partial charge >= 0.3 is 15.6 Å². The molecule has 30 heavy (non-hydrogen) atoms. The molecule has 0 aromatic carbocycles. The van der Waals surface area contributed by atoms with Crippen LogP contribution in [0.15, 0.2) is 11.5 Å². The molecule has 2 aromatic rings. The SMILES string of the molecule is CCSc1nc(NC)c2ncn([C@H]3C[C@H](OP(=O)(O)O)[C@@H](COP(=O)(O)O)O3)c2n1. The van der Waals surface area contributed by atoms with Gasteiger partial charge in [-0.2, -0.15) is 0 Å². The van der Waals surface area contributed by atoms with Crippen LogP contribution in [0.3, 0.4) is 0 Å². The largest absolute Gasteiger partial charge is 0.469 e. The number of anilines is 1. The Balaban J connectivity index is 1.92. The molecule has 2 aromatic heterocycles. The molecule has 0 unspecified atom stereocenters. The van der Waals surface area contributed by atoms with E-state index in [0.29, 0.717) is 22.1 Å². The highest BCUT2D eigenvalue weighted by molar-refractivity contribution is 7.99. The Morgan fingerprint density at radius 1 is 1.30 bits per heavy atom. The molecule has 0 aliphatic carbocycles. The van der Waals surface area contributed by atoms with Crippen LogP contribution < -0.4 is 5.32 Å². The van der Waals surface area contributed by atoms with E-state index >= 15 is 0 Å². The van der Waals surface area contributed by atoms with E-state index in [2.05, 4.69) is 24.8 Å². The maximum absolute atomic E-state index is 11.3. The molecule has 0 spiro atoms. The van der Waals surface area contributed by atoms with Crippen molar-refractivity contribution >= 4 is 44.4 Å². The van der Waals surface area contributed by atoms with Gasteiger partial charge in [0.2, 0.25) is 0 Å². The molecule has 0 bridgehead atoms. The minimum Gasteiger partial charge on any atom is -0.371 e. The zero-order chi connectivity index (χ0) is 22.1. The molecule has 0 saturated carbocycles. The molecule has 17 heteroatoms. The first kappa shape index (κ1) is 23.5. The second-order valence-electron chi connectivity index (χ2n) is 6.15. The number of ether oxygens (including phenoxy) is 1. The Morgan fingerprint density at radius 3 is 2.63 bits per heavy atom. The van der Waals surface area contributed by atoms with Gasteiger partial charge in [0, 0.05) is 13.5 Å². The van der Waals surface area contributed by atoms with Crippen LogP contribution in [0.25, 0.3) is 11.2 Å². The summed E-state index contributed by atoms with van der Waals surface area (Å²) in [6.45, 7) is 1.32. The molecule has 1 aliphatic rings. The lowest BCUT2D eigenvalue weighted by Crippen LogP contribution is -2.28. The summed E-state index contributed by atoms with van der Waals surface area (Å²) in [6, 6.07) is 0. The van der Waals surface area contributed by atoms with E-state index in [1.807, 2.05) is 6.92 Å². The average Bonchev–Trinajstić information content (AvgIpc) is 3.21. The van der Waals surface area contributed by atoms with Crippen molar-refractivity contribution in [2.24, 2.45) is 0 Å². The highest BCUT2D eigenvalue weighted by atomic mass is 32.2. The lowest BCUT2D eigenvalue weighted by Gasteiger charge is -2.19. The smallest absolute Gasteiger partial charge is 0.371 e. The Hall–Kier alpha value is -1.12. The summed E-state index contributed by atoms with van der Waals surface area (Å²) in [7, 11) is -8.02. The maximum Gasteiger partial charge on any atom is 0.469 e. The van der Waals surface area contributed by atoms with Gasteiger partial charge in [0.15, 0.2) is 22.1 Å². The fourth-order valence-electron chi connectivity index (χ4n) is 2.95. The third-order valence-corrected chi connectivity index (χ3v) is 5.84. The van der Waals surface area contributed by atoms with E-state index in [1.165, 1.54) is 18.1 Å². The third-order valence-electron chi connectivity index (χ3n) is 4.08. The van der Waals surface area contributed by atoms with Gasteiger partial charge in [0.25, 0.3) is 0 Å². The van der Waals surface area contributed by atoms with E-state index in [-0.39, 0.29) is 6.42 Å². The minimum atomic E-state index is -4.89. The number of nitrogens with zero attached hydrogens (tertiary/aromatic N) is 4. The molecule has 1 fully saturated rings. The van der Waals surface area contributed by atoms with Gasteiger partial charge in [0.1, 0.15) is 18.4 Å². The van der Waals surface area contributed by atoms with Crippen molar-refractivity contribution in [2.75, 3.05) is 24.7 Å². The van der Waals surface area contributed by atoms with E-state index in [9.17, 15) is 9.13 Å². The molecule has 5 N–H and O–H groups in total. The summed E-state index contributed by atoms with van der Waals surface area (Å²) in [5, 5.41) is 3.44. The third kappa shape index (κ3) is 5.77. The summed E-state index contributed by atoms with van der Waals surface area (Å²) in [5.74, 6) is 1.24. The summed E-state index contributed by atoms with van der Waals surface area (Å²) >= 11 is 1.42. The van der Waals surface area contributed by atoms with Crippen LogP contribution >= 0.6 is 27.4 Å². The zero-order valence-corrected chi connectivity index (χ0v) is 18.5. The molecule has 3 atom stereocenters. The molecule has 3 rings (SSSR count). The number of hydrogen-bond donors (Lipinski definition) is 5. The molecular formula is C13H21N5O9P2S. The monoisotopic (exact) mass is 485 g/mol. The van der Waals surface area contributed by atoms with E-state index in [4.69, 9.17) is 28.8 Å². The molecule has 168 valence electrons. The van der Waals surface area contributed by atoms with Crippen molar-refractivity contribution < 1.29 is 42.5 Å². The number of hydrogen-bond acceptors (Lipinski definition) is 10. The van der Waals surface area contributed by atoms with Gasteiger partial charge in [-0.15, -0.1) is 0 Å². The highest BCUT2D eigenvalue weighted by Gasteiger charge is 2.42. The molecular weight excluding hydrogens is 464 g/mol. The Morgan fingerprint density at radius 2 is 2.03 bits per heavy atom. The van der Waals surface area contributed by atoms with Crippen LogP contribution in [0.5, 0.6) is 0 Å². The van der Waals surface area contributed by atoms with Crippen LogP contribution in [-0.2, 0) is 22.9 Å². The summed E-state index contributed by atoms with van der Waals surface area (Å²) in [6.07, 6.45) is -1.76. The molecule has 0 amide bonds. The van der Waals surface area contributed by atoms with Gasteiger partial charge in [0.05, 0.1) is 12.9 Å². The van der Waals surface area contributed by atoms with Gasteiger partial charge in [-0.05, 0) is 5.75 Å². The second kappa shape index (κ2) is 9.17. The number of aromatic nitrogens is 4. The first-order valence-corrected chi connectivity index (χ1v) is 12.7. The van der Waals surface area contributed by atoms with Crippen LogP contribution in [0.1, 0.15) is 19.6 Å². The Kier molecular flexibility index (Phi) is 7.19. The van der Waals surface area contributed by atoms with Crippen molar-refractivity contribution in [1.82, 2.24) is 19.5 Å². The number of nitrogens with one attached hydrogen (secondary N) is 1. The minimum absolute atomic E-state index is 0.0408.